The second-order valence-electron chi connectivity index (χ2n) is 4.28. The van der Waals surface area contributed by atoms with E-state index in [1.807, 2.05) is 0 Å². The molecule has 1 atom stereocenters. The van der Waals surface area contributed by atoms with Crippen molar-refractivity contribution >= 4 is 28.1 Å². The maximum Gasteiger partial charge on any atom is 0.410 e. The molecule has 0 fully saturated rings. The Balaban J connectivity index is 3.81. The van der Waals surface area contributed by atoms with Crippen LogP contribution in [0.3, 0.4) is 0 Å². The molecule has 0 bridgehead atoms. The molecule has 0 saturated heterocycles. The summed E-state index contributed by atoms with van der Waals surface area (Å²) in [6, 6.07) is 0. The van der Waals surface area contributed by atoms with Crippen LogP contribution < -0.4 is 5.32 Å². The van der Waals surface area contributed by atoms with Gasteiger partial charge in [0.05, 0.1) is 5.75 Å². The van der Waals surface area contributed by atoms with E-state index < -0.39 is 40.2 Å². The van der Waals surface area contributed by atoms with Gasteiger partial charge in [0, 0.05) is 26.3 Å². The average Bonchev–Trinajstić information content (AvgIpc) is 2.32. The van der Waals surface area contributed by atoms with Gasteiger partial charge in [0.2, 0.25) is 6.29 Å². The highest BCUT2D eigenvalue weighted by molar-refractivity contribution is 7.85. The molecule has 0 aromatic rings. The SMILES string of the molecule is CC(OC(=O)CCCC(=O)O)OC(=O)NCCCS(=O)(=O)O. The van der Waals surface area contributed by atoms with Crippen LogP contribution in [0, 0.1) is 0 Å². The number of carbonyl (C=O) groups is 3. The number of aliphatic carboxylic acids is 1. The molecule has 11 heteroatoms. The Bertz CT molecular complexity index is 488. The summed E-state index contributed by atoms with van der Waals surface area (Å²) in [7, 11) is -4.08. The monoisotopic (exact) mass is 341 g/mol. The molecule has 0 heterocycles. The van der Waals surface area contributed by atoms with E-state index in [0.717, 1.165) is 0 Å². The van der Waals surface area contributed by atoms with E-state index in [0.29, 0.717) is 0 Å². The quantitative estimate of drug-likeness (QED) is 0.217. The van der Waals surface area contributed by atoms with E-state index >= 15 is 0 Å². The highest BCUT2D eigenvalue weighted by Crippen LogP contribution is 2.02. The molecule has 1 amide bonds. The van der Waals surface area contributed by atoms with Gasteiger partial charge in [0.25, 0.3) is 10.1 Å². The van der Waals surface area contributed by atoms with Gasteiger partial charge in [-0.3, -0.25) is 14.1 Å². The molecular weight excluding hydrogens is 322 g/mol. The molecule has 3 N–H and O–H groups in total. The topological polar surface area (TPSA) is 156 Å². The maximum absolute atomic E-state index is 11.3. The van der Waals surface area contributed by atoms with Gasteiger partial charge in [-0.2, -0.15) is 8.42 Å². The number of hydrogen-bond donors (Lipinski definition) is 3. The van der Waals surface area contributed by atoms with E-state index in [-0.39, 0.29) is 32.2 Å². The van der Waals surface area contributed by atoms with Crippen LogP contribution in [0.2, 0.25) is 0 Å². The summed E-state index contributed by atoms with van der Waals surface area (Å²) in [6.07, 6.45) is -2.26. The Hall–Kier alpha value is -1.88. The van der Waals surface area contributed by atoms with Crippen LogP contribution in [-0.4, -0.2) is 54.7 Å². The zero-order valence-electron chi connectivity index (χ0n) is 12.0. The third-order valence-electron chi connectivity index (χ3n) is 2.19. The van der Waals surface area contributed by atoms with Crippen molar-refractivity contribution in [3.63, 3.8) is 0 Å². The molecule has 0 aliphatic heterocycles. The van der Waals surface area contributed by atoms with Crippen LogP contribution >= 0.6 is 0 Å². The normalized spacial score (nSPS) is 12.3. The Kier molecular flexibility index (Phi) is 9.10. The Morgan fingerprint density at radius 2 is 1.77 bits per heavy atom. The predicted molar refractivity (Wildman–Crippen MR) is 72.6 cm³/mol. The first kappa shape index (κ1) is 20.1. The minimum atomic E-state index is -4.08. The number of carbonyl (C=O) groups excluding carboxylic acids is 2. The first-order valence-corrected chi connectivity index (χ1v) is 8.02. The number of nitrogens with one attached hydrogen (secondary N) is 1. The third-order valence-corrected chi connectivity index (χ3v) is 2.99. The van der Waals surface area contributed by atoms with Crippen molar-refractivity contribution in [2.75, 3.05) is 12.3 Å². The van der Waals surface area contributed by atoms with Crippen molar-refractivity contribution in [3.8, 4) is 0 Å². The van der Waals surface area contributed by atoms with E-state index in [9.17, 15) is 22.8 Å². The molecule has 0 spiro atoms. The average molecular weight is 341 g/mol. The summed E-state index contributed by atoms with van der Waals surface area (Å²) in [6.45, 7) is 1.25. The molecule has 0 saturated carbocycles. The molecule has 0 radical (unpaired) electrons. The van der Waals surface area contributed by atoms with E-state index in [4.69, 9.17) is 14.4 Å². The van der Waals surface area contributed by atoms with Gasteiger partial charge in [-0.25, -0.2) is 4.79 Å². The lowest BCUT2D eigenvalue weighted by atomic mass is 10.2. The summed E-state index contributed by atoms with van der Waals surface area (Å²) >= 11 is 0. The second kappa shape index (κ2) is 9.95. The zero-order valence-corrected chi connectivity index (χ0v) is 12.8. The number of alkyl carbamates (subject to hydrolysis) is 1. The first-order valence-electron chi connectivity index (χ1n) is 6.41. The summed E-state index contributed by atoms with van der Waals surface area (Å²) < 4.78 is 38.7. The van der Waals surface area contributed by atoms with Gasteiger partial charge in [-0.1, -0.05) is 0 Å². The number of rotatable bonds is 10. The van der Waals surface area contributed by atoms with Gasteiger partial charge in [0.1, 0.15) is 0 Å². The number of carboxylic acids is 1. The van der Waals surface area contributed by atoms with Crippen molar-refractivity contribution in [1.82, 2.24) is 5.32 Å². The second-order valence-corrected chi connectivity index (χ2v) is 5.85. The van der Waals surface area contributed by atoms with Gasteiger partial charge < -0.3 is 19.9 Å². The fraction of sp³-hybridized carbons (Fsp3) is 0.727. The Morgan fingerprint density at radius 1 is 1.14 bits per heavy atom. The molecule has 0 aliphatic carbocycles. The fourth-order valence-electron chi connectivity index (χ4n) is 1.29. The highest BCUT2D eigenvalue weighted by Gasteiger charge is 2.14. The Labute approximate surface area is 127 Å². The molecule has 1 unspecified atom stereocenters. The van der Waals surface area contributed by atoms with Crippen molar-refractivity contribution in [2.24, 2.45) is 0 Å². The van der Waals surface area contributed by atoms with Crippen LogP contribution in [0.5, 0.6) is 0 Å². The number of esters is 1. The Morgan fingerprint density at radius 3 is 2.32 bits per heavy atom. The van der Waals surface area contributed by atoms with Crippen molar-refractivity contribution in [1.29, 1.82) is 0 Å². The molecule has 10 nitrogen and oxygen atoms in total. The maximum atomic E-state index is 11.3. The van der Waals surface area contributed by atoms with Crippen LogP contribution in [-0.2, 0) is 29.2 Å². The van der Waals surface area contributed by atoms with E-state index in [2.05, 4.69) is 10.1 Å². The lowest BCUT2D eigenvalue weighted by Crippen LogP contribution is -2.31. The number of hydrogen-bond acceptors (Lipinski definition) is 7. The molecule has 0 aromatic carbocycles. The van der Waals surface area contributed by atoms with Crippen molar-refractivity contribution < 1.29 is 41.9 Å². The number of carboxylic acid groups (broad SMARTS) is 1. The first-order chi connectivity index (χ1) is 10.1. The van der Waals surface area contributed by atoms with Crippen molar-refractivity contribution in [3.05, 3.63) is 0 Å². The molecule has 128 valence electrons. The summed E-state index contributed by atoms with van der Waals surface area (Å²) in [4.78, 5) is 32.8. The third kappa shape index (κ3) is 13.1. The molecule has 0 rings (SSSR count). The summed E-state index contributed by atoms with van der Waals surface area (Å²) in [5.41, 5.74) is 0. The van der Waals surface area contributed by atoms with Gasteiger partial charge >= 0.3 is 18.0 Å². The summed E-state index contributed by atoms with van der Waals surface area (Å²) in [5.74, 6) is -2.23. The zero-order chi connectivity index (χ0) is 17.2. The molecule has 0 aliphatic rings. The van der Waals surface area contributed by atoms with Gasteiger partial charge in [-0.05, 0) is 12.8 Å². The highest BCUT2D eigenvalue weighted by atomic mass is 32.2. The number of ether oxygens (including phenoxy) is 2. The minimum absolute atomic E-state index is 0.00269. The minimum Gasteiger partial charge on any atom is -0.481 e. The van der Waals surface area contributed by atoms with Crippen LogP contribution in [0.4, 0.5) is 4.79 Å². The van der Waals surface area contributed by atoms with E-state index in [1.165, 1.54) is 6.92 Å². The molecule has 22 heavy (non-hydrogen) atoms. The number of amides is 1. The van der Waals surface area contributed by atoms with E-state index in [1.54, 1.807) is 0 Å². The van der Waals surface area contributed by atoms with Gasteiger partial charge in [-0.15, -0.1) is 0 Å². The fourth-order valence-corrected chi connectivity index (χ4v) is 1.80. The van der Waals surface area contributed by atoms with Gasteiger partial charge in [0.15, 0.2) is 0 Å². The predicted octanol–water partition coefficient (Wildman–Crippen LogP) is 0.135. The van der Waals surface area contributed by atoms with Crippen LogP contribution in [0.25, 0.3) is 0 Å². The lowest BCUT2D eigenvalue weighted by molar-refractivity contribution is -0.164. The standard InChI is InChI=1S/C11H19NO9S/c1-8(20-10(15)5-2-4-9(13)14)21-11(16)12-6-3-7-22(17,18)19/h8H,2-7H2,1H3,(H,12,16)(H,13,14)(H,17,18,19). The largest absolute Gasteiger partial charge is 0.481 e. The molecule has 0 aromatic heterocycles. The van der Waals surface area contributed by atoms with Crippen molar-refractivity contribution in [2.45, 2.75) is 38.9 Å². The van der Waals surface area contributed by atoms with Crippen LogP contribution in [0.15, 0.2) is 0 Å². The molecular formula is C11H19NO9S. The van der Waals surface area contributed by atoms with Crippen LogP contribution in [0.1, 0.15) is 32.6 Å². The lowest BCUT2D eigenvalue weighted by Gasteiger charge is -2.14. The smallest absolute Gasteiger partial charge is 0.410 e. The summed E-state index contributed by atoms with van der Waals surface area (Å²) in [5, 5.41) is 10.6.